The van der Waals surface area contributed by atoms with Crippen LogP contribution in [0.1, 0.15) is 48.7 Å². The zero-order chi connectivity index (χ0) is 11.9. The number of thiazole rings is 1. The molecular weight excluding hydrogens is 244 g/mol. The van der Waals surface area contributed by atoms with Gasteiger partial charge in [0.05, 0.1) is 5.69 Å². The maximum Gasteiger partial charge on any atom is 0.212 e. The molecule has 1 N–H and O–H groups in total. The molecule has 5 heteroatoms. The maximum absolute atomic E-state index is 4.36. The first-order valence-electron chi connectivity index (χ1n) is 6.98. The van der Waals surface area contributed by atoms with Gasteiger partial charge < -0.3 is 5.32 Å². The number of nitrogens with zero attached hydrogens (tertiary/aromatic N) is 3. The fourth-order valence-electron chi connectivity index (χ4n) is 3.51. The van der Waals surface area contributed by atoms with Crippen molar-refractivity contribution in [3.63, 3.8) is 0 Å². The second-order valence-electron chi connectivity index (χ2n) is 5.45. The molecule has 0 saturated heterocycles. The molecule has 1 unspecified atom stereocenters. The normalized spacial score (nSPS) is 25.4. The first-order valence-corrected chi connectivity index (χ1v) is 7.80. The van der Waals surface area contributed by atoms with Crippen LogP contribution in [0.4, 0.5) is 0 Å². The van der Waals surface area contributed by atoms with E-state index in [2.05, 4.69) is 19.9 Å². The highest BCUT2D eigenvalue weighted by molar-refractivity contribution is 7.17. The average molecular weight is 262 g/mol. The molecule has 2 aliphatic rings. The van der Waals surface area contributed by atoms with Crippen LogP contribution in [-0.4, -0.2) is 21.1 Å². The Hall–Kier alpha value is -0.940. The molecule has 3 heterocycles. The Balaban J connectivity index is 1.74. The monoisotopic (exact) mass is 262 g/mol. The Morgan fingerprint density at radius 3 is 3.06 bits per heavy atom. The summed E-state index contributed by atoms with van der Waals surface area (Å²) in [5.74, 6) is 0.821. The van der Waals surface area contributed by atoms with Crippen LogP contribution in [0.15, 0.2) is 6.33 Å². The van der Waals surface area contributed by atoms with Gasteiger partial charge in [-0.1, -0.05) is 30.6 Å². The Morgan fingerprint density at radius 1 is 1.28 bits per heavy atom. The van der Waals surface area contributed by atoms with E-state index in [1.807, 2.05) is 11.3 Å². The van der Waals surface area contributed by atoms with Gasteiger partial charge in [-0.15, -0.1) is 0 Å². The van der Waals surface area contributed by atoms with Crippen molar-refractivity contribution in [3.05, 3.63) is 16.9 Å². The maximum atomic E-state index is 4.36. The van der Waals surface area contributed by atoms with Gasteiger partial charge in [0.2, 0.25) is 4.96 Å². The van der Waals surface area contributed by atoms with Crippen LogP contribution in [0.2, 0.25) is 0 Å². The first-order chi connectivity index (χ1) is 8.93. The highest BCUT2D eigenvalue weighted by Crippen LogP contribution is 2.40. The summed E-state index contributed by atoms with van der Waals surface area (Å²) in [6.45, 7) is 1.08. The summed E-state index contributed by atoms with van der Waals surface area (Å²) >= 11 is 1.83. The highest BCUT2D eigenvalue weighted by atomic mass is 32.1. The average Bonchev–Trinajstić information content (AvgIpc) is 3.00. The van der Waals surface area contributed by atoms with Crippen LogP contribution < -0.4 is 5.32 Å². The van der Waals surface area contributed by atoms with Crippen molar-refractivity contribution in [3.8, 4) is 0 Å². The van der Waals surface area contributed by atoms with Crippen LogP contribution in [0.3, 0.4) is 0 Å². The first kappa shape index (κ1) is 10.9. The molecule has 1 atom stereocenters. The lowest BCUT2D eigenvalue weighted by Gasteiger charge is -2.33. The number of rotatable bonds is 1. The molecule has 1 aliphatic heterocycles. The topological polar surface area (TPSA) is 42.2 Å². The fourth-order valence-corrected chi connectivity index (χ4v) is 4.76. The Labute approximate surface area is 110 Å². The molecule has 18 heavy (non-hydrogen) atoms. The smallest absolute Gasteiger partial charge is 0.212 e. The summed E-state index contributed by atoms with van der Waals surface area (Å²) in [5.41, 5.74) is 1.40. The van der Waals surface area contributed by atoms with E-state index in [-0.39, 0.29) is 0 Å². The van der Waals surface area contributed by atoms with Gasteiger partial charge in [0.15, 0.2) is 0 Å². The molecule has 2 aromatic heterocycles. The Bertz CT molecular complexity index is 552. The van der Waals surface area contributed by atoms with Gasteiger partial charge in [-0.25, -0.2) is 9.50 Å². The van der Waals surface area contributed by atoms with Gasteiger partial charge in [-0.05, 0) is 18.8 Å². The third-order valence-corrected chi connectivity index (χ3v) is 5.56. The minimum absolute atomic E-state index is 0.558. The summed E-state index contributed by atoms with van der Waals surface area (Å²) in [4.78, 5) is 6.91. The predicted molar refractivity (Wildman–Crippen MR) is 71.9 cm³/mol. The number of nitrogens with one attached hydrogen (secondary N) is 1. The molecule has 1 saturated carbocycles. The zero-order valence-electron chi connectivity index (χ0n) is 10.4. The van der Waals surface area contributed by atoms with Crippen molar-refractivity contribution >= 4 is 16.3 Å². The molecule has 96 valence electrons. The van der Waals surface area contributed by atoms with Gasteiger partial charge in [0.25, 0.3) is 0 Å². The molecular formula is C13H18N4S. The van der Waals surface area contributed by atoms with Crippen LogP contribution in [0.25, 0.3) is 4.96 Å². The minimum atomic E-state index is 0.558. The van der Waals surface area contributed by atoms with E-state index in [4.69, 9.17) is 0 Å². The predicted octanol–water partition coefficient (Wildman–Crippen LogP) is 2.56. The number of hydrogen-bond donors (Lipinski definition) is 1. The van der Waals surface area contributed by atoms with Crippen LogP contribution in [0, 0.1) is 5.92 Å². The SMILES string of the molecule is c1nc2sc3c(n2n1)CCNC3C1CCCCC1. The summed E-state index contributed by atoms with van der Waals surface area (Å²) in [6.07, 6.45) is 9.74. The van der Waals surface area contributed by atoms with Crippen molar-refractivity contribution in [2.75, 3.05) is 6.54 Å². The van der Waals surface area contributed by atoms with Crippen molar-refractivity contribution in [1.82, 2.24) is 19.9 Å². The Kier molecular flexibility index (Phi) is 2.62. The van der Waals surface area contributed by atoms with E-state index in [1.165, 1.54) is 42.7 Å². The molecule has 0 spiro atoms. The number of fused-ring (bicyclic) bond motifs is 3. The van der Waals surface area contributed by atoms with Crippen LogP contribution in [0.5, 0.6) is 0 Å². The van der Waals surface area contributed by atoms with Crippen molar-refractivity contribution < 1.29 is 0 Å². The largest absolute Gasteiger partial charge is 0.309 e. The number of aromatic nitrogens is 3. The van der Waals surface area contributed by atoms with Crippen molar-refractivity contribution in [1.29, 1.82) is 0 Å². The van der Waals surface area contributed by atoms with E-state index in [0.29, 0.717) is 6.04 Å². The third-order valence-electron chi connectivity index (χ3n) is 4.39. The van der Waals surface area contributed by atoms with E-state index >= 15 is 0 Å². The summed E-state index contributed by atoms with van der Waals surface area (Å²) < 4.78 is 2.05. The molecule has 0 amide bonds. The summed E-state index contributed by atoms with van der Waals surface area (Å²) in [6, 6.07) is 0.558. The zero-order valence-corrected chi connectivity index (χ0v) is 11.2. The molecule has 1 aliphatic carbocycles. The molecule has 4 nitrogen and oxygen atoms in total. The quantitative estimate of drug-likeness (QED) is 0.859. The van der Waals surface area contributed by atoms with Gasteiger partial charge >= 0.3 is 0 Å². The van der Waals surface area contributed by atoms with E-state index in [9.17, 15) is 0 Å². The summed E-state index contributed by atoms with van der Waals surface area (Å²) in [7, 11) is 0. The third kappa shape index (κ3) is 1.61. The fraction of sp³-hybridized carbons (Fsp3) is 0.692. The van der Waals surface area contributed by atoms with Gasteiger partial charge in [0, 0.05) is 23.9 Å². The molecule has 0 aromatic carbocycles. The van der Waals surface area contributed by atoms with Crippen LogP contribution >= 0.6 is 11.3 Å². The van der Waals surface area contributed by atoms with E-state index in [0.717, 1.165) is 23.8 Å². The van der Waals surface area contributed by atoms with E-state index < -0.39 is 0 Å². The van der Waals surface area contributed by atoms with Crippen LogP contribution in [-0.2, 0) is 6.42 Å². The molecule has 0 bridgehead atoms. The van der Waals surface area contributed by atoms with Gasteiger partial charge in [-0.3, -0.25) is 0 Å². The molecule has 4 rings (SSSR count). The minimum Gasteiger partial charge on any atom is -0.309 e. The molecule has 2 aromatic rings. The number of hydrogen-bond acceptors (Lipinski definition) is 4. The summed E-state index contributed by atoms with van der Waals surface area (Å²) in [5, 5.41) is 8.10. The van der Waals surface area contributed by atoms with Crippen molar-refractivity contribution in [2.45, 2.75) is 44.6 Å². The second-order valence-corrected chi connectivity index (χ2v) is 6.46. The lowest BCUT2D eigenvalue weighted by atomic mass is 9.82. The molecule has 0 radical (unpaired) electrons. The lowest BCUT2D eigenvalue weighted by molar-refractivity contribution is 0.266. The van der Waals surface area contributed by atoms with E-state index in [1.54, 1.807) is 6.33 Å². The lowest BCUT2D eigenvalue weighted by Crippen LogP contribution is -2.35. The van der Waals surface area contributed by atoms with Gasteiger partial charge in [0.1, 0.15) is 6.33 Å². The molecule has 1 fully saturated rings. The van der Waals surface area contributed by atoms with Gasteiger partial charge in [-0.2, -0.15) is 5.10 Å². The van der Waals surface area contributed by atoms with Crippen molar-refractivity contribution in [2.24, 2.45) is 5.92 Å². The second kappa shape index (κ2) is 4.31. The standard InChI is InChI=1S/C13H18N4S/c1-2-4-9(5-3-1)11-12-10(6-7-14-11)17-13(18-12)15-8-16-17/h8-9,11,14H,1-7H2. The Morgan fingerprint density at radius 2 is 2.17 bits per heavy atom. The highest BCUT2D eigenvalue weighted by Gasteiger charge is 2.32.